The van der Waals surface area contributed by atoms with Gasteiger partial charge in [-0.05, 0) is 50.2 Å². The quantitative estimate of drug-likeness (QED) is 0.678. The Hall–Kier alpha value is -3.15. The summed E-state index contributed by atoms with van der Waals surface area (Å²) in [6.45, 7) is 4.33. The van der Waals surface area contributed by atoms with E-state index in [1.54, 1.807) is 24.3 Å². The molecule has 0 saturated carbocycles. The maximum Gasteiger partial charge on any atom is 0.257 e. The maximum absolute atomic E-state index is 13.0. The summed E-state index contributed by atoms with van der Waals surface area (Å²) in [7, 11) is 0. The number of hydrogen-bond acceptors (Lipinski definition) is 4. The third-order valence-corrected chi connectivity index (χ3v) is 4.61. The van der Waals surface area contributed by atoms with E-state index >= 15 is 0 Å². The number of anilines is 1. The molecule has 0 radical (unpaired) electrons. The van der Waals surface area contributed by atoms with Crippen molar-refractivity contribution in [3.63, 3.8) is 0 Å². The number of aromatic nitrogens is 2. The van der Waals surface area contributed by atoms with Gasteiger partial charge < -0.3 is 9.30 Å². The topological polar surface area (TPSA) is 64.4 Å². The monoisotopic (exact) mass is 349 g/mol. The molecule has 26 heavy (non-hydrogen) atoms. The summed E-state index contributed by atoms with van der Waals surface area (Å²) in [5.41, 5.74) is 2.25. The van der Waals surface area contributed by atoms with E-state index in [-0.39, 0.29) is 18.2 Å². The lowest BCUT2D eigenvalue weighted by atomic mass is 10.2. The lowest BCUT2D eigenvalue weighted by Crippen LogP contribution is -2.31. The van der Waals surface area contributed by atoms with Crippen LogP contribution in [-0.4, -0.2) is 28.0 Å². The van der Waals surface area contributed by atoms with E-state index in [1.165, 1.54) is 4.90 Å². The standard InChI is InChI=1S/C20H19N3O3/c1-3-26-15-10-8-14(9-11-15)23-19(24)12-18(20(23)25)22-13(2)21-16-6-4-5-7-17(16)22/h4-11,18H,3,12H2,1-2H3/t18-/m0/s1. The number of rotatable bonds is 4. The van der Waals surface area contributed by atoms with Crippen molar-refractivity contribution in [3.8, 4) is 5.75 Å². The van der Waals surface area contributed by atoms with Gasteiger partial charge in [0.25, 0.3) is 5.91 Å². The van der Waals surface area contributed by atoms with Gasteiger partial charge in [0.2, 0.25) is 5.91 Å². The number of carbonyl (C=O) groups is 2. The van der Waals surface area contributed by atoms with Crippen molar-refractivity contribution in [1.29, 1.82) is 0 Å². The Bertz CT molecular complexity index is 991. The number of hydrogen-bond donors (Lipinski definition) is 0. The van der Waals surface area contributed by atoms with Crippen LogP contribution in [-0.2, 0) is 9.59 Å². The van der Waals surface area contributed by atoms with Crippen LogP contribution in [0.1, 0.15) is 25.2 Å². The molecule has 1 fully saturated rings. The molecule has 2 aromatic carbocycles. The molecule has 1 aliphatic rings. The Morgan fingerprint density at radius 3 is 2.58 bits per heavy atom. The van der Waals surface area contributed by atoms with Crippen LogP contribution in [0.15, 0.2) is 48.5 Å². The number of benzene rings is 2. The van der Waals surface area contributed by atoms with Crippen LogP contribution in [0.4, 0.5) is 5.69 Å². The van der Waals surface area contributed by atoms with Crippen LogP contribution in [0.2, 0.25) is 0 Å². The van der Waals surface area contributed by atoms with Crippen LogP contribution >= 0.6 is 0 Å². The van der Waals surface area contributed by atoms with Crippen molar-refractivity contribution in [2.24, 2.45) is 0 Å². The zero-order valence-electron chi connectivity index (χ0n) is 14.7. The molecule has 2 heterocycles. The van der Waals surface area contributed by atoms with Gasteiger partial charge in [0.1, 0.15) is 17.6 Å². The van der Waals surface area contributed by atoms with Crippen LogP contribution < -0.4 is 9.64 Å². The third-order valence-electron chi connectivity index (χ3n) is 4.61. The molecule has 0 unspecified atom stereocenters. The summed E-state index contributed by atoms with van der Waals surface area (Å²) >= 11 is 0. The second kappa shape index (κ2) is 6.29. The predicted molar refractivity (Wildman–Crippen MR) is 98.2 cm³/mol. The first-order valence-corrected chi connectivity index (χ1v) is 8.63. The first kappa shape index (κ1) is 16.3. The van der Waals surface area contributed by atoms with Crippen LogP contribution in [0.25, 0.3) is 11.0 Å². The van der Waals surface area contributed by atoms with E-state index in [0.29, 0.717) is 18.0 Å². The molecule has 4 rings (SSSR count). The summed E-state index contributed by atoms with van der Waals surface area (Å²) in [5.74, 6) is 1.00. The molecule has 6 heteroatoms. The van der Waals surface area contributed by atoms with Gasteiger partial charge in [-0.2, -0.15) is 0 Å². The second-order valence-corrected chi connectivity index (χ2v) is 6.23. The minimum Gasteiger partial charge on any atom is -0.494 e. The molecule has 0 N–H and O–H groups in total. The molecule has 1 atom stereocenters. The van der Waals surface area contributed by atoms with Crippen LogP contribution in [0.3, 0.4) is 0 Å². The van der Waals surface area contributed by atoms with Crippen molar-refractivity contribution in [1.82, 2.24) is 9.55 Å². The number of para-hydroxylation sites is 2. The molecule has 0 spiro atoms. The highest BCUT2D eigenvalue weighted by atomic mass is 16.5. The average molecular weight is 349 g/mol. The Balaban J connectivity index is 1.70. The second-order valence-electron chi connectivity index (χ2n) is 6.23. The lowest BCUT2D eigenvalue weighted by molar-refractivity contribution is -0.122. The van der Waals surface area contributed by atoms with Gasteiger partial charge in [-0.25, -0.2) is 9.88 Å². The number of amides is 2. The third kappa shape index (κ3) is 2.54. The smallest absolute Gasteiger partial charge is 0.257 e. The molecular formula is C20H19N3O3. The molecule has 132 valence electrons. The van der Waals surface area contributed by atoms with Crippen molar-refractivity contribution in [3.05, 3.63) is 54.4 Å². The highest BCUT2D eigenvalue weighted by Gasteiger charge is 2.41. The fraction of sp³-hybridized carbons (Fsp3) is 0.250. The van der Waals surface area contributed by atoms with Gasteiger partial charge in [0.05, 0.1) is 29.7 Å². The SMILES string of the molecule is CCOc1ccc(N2C(=O)C[C@H](n3c(C)nc4ccccc43)C2=O)cc1. The van der Waals surface area contributed by atoms with E-state index in [4.69, 9.17) is 4.74 Å². The number of fused-ring (bicyclic) bond motifs is 1. The van der Waals surface area contributed by atoms with E-state index < -0.39 is 6.04 Å². The molecule has 2 amide bonds. The molecule has 0 aliphatic carbocycles. The molecular weight excluding hydrogens is 330 g/mol. The van der Waals surface area contributed by atoms with Crippen molar-refractivity contribution >= 4 is 28.5 Å². The number of ether oxygens (including phenoxy) is 1. The first-order chi connectivity index (χ1) is 12.6. The van der Waals surface area contributed by atoms with Crippen molar-refractivity contribution in [2.45, 2.75) is 26.3 Å². The minimum absolute atomic E-state index is 0.132. The van der Waals surface area contributed by atoms with E-state index in [1.807, 2.05) is 42.7 Å². The normalized spacial score (nSPS) is 17.3. The van der Waals surface area contributed by atoms with Crippen LogP contribution in [0, 0.1) is 6.92 Å². The number of imide groups is 1. The fourth-order valence-corrected chi connectivity index (χ4v) is 3.51. The van der Waals surface area contributed by atoms with Crippen molar-refractivity contribution < 1.29 is 14.3 Å². The van der Waals surface area contributed by atoms with Crippen molar-refractivity contribution in [2.75, 3.05) is 11.5 Å². The number of nitrogens with zero attached hydrogens (tertiary/aromatic N) is 3. The van der Waals surface area contributed by atoms with E-state index in [2.05, 4.69) is 4.98 Å². The highest BCUT2D eigenvalue weighted by molar-refractivity contribution is 6.22. The molecule has 1 aromatic heterocycles. The van der Waals surface area contributed by atoms with Gasteiger partial charge >= 0.3 is 0 Å². The highest BCUT2D eigenvalue weighted by Crippen LogP contribution is 2.33. The average Bonchev–Trinajstić information content (AvgIpc) is 3.11. The van der Waals surface area contributed by atoms with Crippen LogP contribution in [0.5, 0.6) is 5.75 Å². The Labute approximate surface area is 151 Å². The van der Waals surface area contributed by atoms with Gasteiger partial charge in [-0.15, -0.1) is 0 Å². The number of imidazole rings is 1. The predicted octanol–water partition coefficient (Wildman–Crippen LogP) is 3.25. The van der Waals surface area contributed by atoms with E-state index in [0.717, 1.165) is 16.9 Å². The summed E-state index contributed by atoms with van der Waals surface area (Å²) in [6.07, 6.45) is 0.132. The number of aryl methyl sites for hydroxylation is 1. The van der Waals surface area contributed by atoms with Gasteiger partial charge in [0.15, 0.2) is 0 Å². The summed E-state index contributed by atoms with van der Waals surface area (Å²) in [4.78, 5) is 31.4. The Kier molecular flexibility index (Phi) is 3.95. The summed E-state index contributed by atoms with van der Waals surface area (Å²) < 4.78 is 7.29. The largest absolute Gasteiger partial charge is 0.494 e. The lowest BCUT2D eigenvalue weighted by Gasteiger charge is -2.17. The van der Waals surface area contributed by atoms with E-state index in [9.17, 15) is 9.59 Å². The number of carbonyl (C=O) groups excluding carboxylic acids is 2. The minimum atomic E-state index is -0.568. The molecule has 1 saturated heterocycles. The molecule has 6 nitrogen and oxygen atoms in total. The zero-order valence-corrected chi connectivity index (χ0v) is 14.7. The summed E-state index contributed by atoms with van der Waals surface area (Å²) in [6, 6.07) is 14.1. The Morgan fingerprint density at radius 2 is 1.85 bits per heavy atom. The van der Waals surface area contributed by atoms with Gasteiger partial charge in [-0.1, -0.05) is 12.1 Å². The summed E-state index contributed by atoms with van der Waals surface area (Å²) in [5, 5.41) is 0. The fourth-order valence-electron chi connectivity index (χ4n) is 3.51. The Morgan fingerprint density at radius 1 is 1.12 bits per heavy atom. The van der Waals surface area contributed by atoms with Gasteiger partial charge in [-0.3, -0.25) is 9.59 Å². The molecule has 0 bridgehead atoms. The zero-order chi connectivity index (χ0) is 18.3. The maximum atomic E-state index is 13.0. The first-order valence-electron chi connectivity index (χ1n) is 8.63. The molecule has 3 aromatic rings. The molecule has 1 aliphatic heterocycles. The van der Waals surface area contributed by atoms with Gasteiger partial charge in [0, 0.05) is 0 Å².